The van der Waals surface area contributed by atoms with Gasteiger partial charge in [-0.25, -0.2) is 4.39 Å². The Kier molecular flexibility index (Phi) is 3.69. The van der Waals surface area contributed by atoms with Gasteiger partial charge in [0.05, 0.1) is 0 Å². The van der Waals surface area contributed by atoms with Gasteiger partial charge in [0, 0.05) is 17.1 Å². The van der Waals surface area contributed by atoms with Gasteiger partial charge in [-0.2, -0.15) is 0 Å². The van der Waals surface area contributed by atoms with Crippen molar-refractivity contribution >= 4 is 11.6 Å². The summed E-state index contributed by atoms with van der Waals surface area (Å²) in [6, 6.07) is 8.94. The highest BCUT2D eigenvalue weighted by molar-refractivity contribution is 6.31. The Balaban J connectivity index is 2.62. The van der Waals surface area contributed by atoms with Crippen LogP contribution < -0.4 is 5.73 Å². The minimum atomic E-state index is -0.210. The number of hydrogen-bond acceptors (Lipinski definition) is 1. The third kappa shape index (κ3) is 2.40. The number of benzene rings is 2. The molecule has 0 aromatic heterocycles. The molecule has 0 radical (unpaired) electrons. The highest BCUT2D eigenvalue weighted by atomic mass is 35.5. The van der Waals surface area contributed by atoms with Gasteiger partial charge in [0.25, 0.3) is 0 Å². The fourth-order valence-electron chi connectivity index (χ4n) is 2.17. The molecular weight excluding hydrogens is 249 g/mol. The van der Waals surface area contributed by atoms with Crippen LogP contribution in [0.15, 0.2) is 30.3 Å². The number of hydrogen-bond donors (Lipinski definition) is 1. The van der Waals surface area contributed by atoms with Gasteiger partial charge in [-0.15, -0.1) is 0 Å². The molecule has 0 unspecified atom stereocenters. The maximum absolute atomic E-state index is 14.1. The van der Waals surface area contributed by atoms with E-state index in [4.69, 9.17) is 17.3 Å². The van der Waals surface area contributed by atoms with Crippen molar-refractivity contribution in [3.8, 4) is 11.1 Å². The molecule has 0 heterocycles. The van der Waals surface area contributed by atoms with E-state index in [9.17, 15) is 4.39 Å². The van der Waals surface area contributed by atoms with Crippen molar-refractivity contribution in [3.63, 3.8) is 0 Å². The fraction of sp³-hybridized carbons (Fsp3) is 0.200. The van der Waals surface area contributed by atoms with Gasteiger partial charge >= 0.3 is 0 Å². The Morgan fingerprint density at radius 2 is 1.89 bits per heavy atom. The van der Waals surface area contributed by atoms with E-state index in [0.29, 0.717) is 17.1 Å². The lowest BCUT2D eigenvalue weighted by atomic mass is 9.96. The molecule has 0 aliphatic rings. The number of nitrogens with two attached hydrogens (primary N) is 1. The standard InChI is InChI=1S/C15H15ClFN/c1-9-5-10(2)15(14(17)6-9)11-3-4-13(16)12(7-11)8-18/h3-7H,8,18H2,1-2H3. The average molecular weight is 264 g/mol. The van der Waals surface area contributed by atoms with Gasteiger partial charge in [0.15, 0.2) is 0 Å². The lowest BCUT2D eigenvalue weighted by Crippen LogP contribution is -1.98. The Hall–Kier alpha value is -1.38. The van der Waals surface area contributed by atoms with Crippen molar-refractivity contribution in [3.05, 3.63) is 57.9 Å². The van der Waals surface area contributed by atoms with E-state index >= 15 is 0 Å². The second kappa shape index (κ2) is 5.09. The first kappa shape index (κ1) is 13.1. The van der Waals surface area contributed by atoms with Crippen LogP contribution in [0.3, 0.4) is 0 Å². The second-order valence-electron chi connectivity index (χ2n) is 4.45. The van der Waals surface area contributed by atoms with Gasteiger partial charge in [0.2, 0.25) is 0 Å². The molecular formula is C15H15ClFN. The zero-order valence-corrected chi connectivity index (χ0v) is 11.2. The van der Waals surface area contributed by atoms with E-state index in [2.05, 4.69) is 0 Å². The molecule has 0 amide bonds. The van der Waals surface area contributed by atoms with Crippen molar-refractivity contribution < 1.29 is 4.39 Å². The smallest absolute Gasteiger partial charge is 0.131 e. The normalized spacial score (nSPS) is 10.7. The average Bonchev–Trinajstić information content (AvgIpc) is 2.30. The van der Waals surface area contributed by atoms with Crippen molar-refractivity contribution in [2.24, 2.45) is 5.73 Å². The summed E-state index contributed by atoms with van der Waals surface area (Å²) in [6.45, 7) is 4.13. The molecule has 0 saturated carbocycles. The summed E-state index contributed by atoms with van der Waals surface area (Å²) in [7, 11) is 0. The minimum absolute atomic E-state index is 0.210. The van der Waals surface area contributed by atoms with Crippen molar-refractivity contribution in [2.75, 3.05) is 0 Å². The predicted molar refractivity (Wildman–Crippen MR) is 74.2 cm³/mol. The van der Waals surface area contributed by atoms with Crippen LogP contribution in [0, 0.1) is 19.7 Å². The molecule has 0 spiro atoms. The molecule has 0 aliphatic carbocycles. The molecule has 1 nitrogen and oxygen atoms in total. The summed E-state index contributed by atoms with van der Waals surface area (Å²) < 4.78 is 14.1. The lowest BCUT2D eigenvalue weighted by Gasteiger charge is -2.11. The van der Waals surface area contributed by atoms with Gasteiger partial charge in [-0.1, -0.05) is 23.7 Å². The molecule has 0 fully saturated rings. The van der Waals surface area contributed by atoms with E-state index in [1.807, 2.05) is 32.0 Å². The highest BCUT2D eigenvalue weighted by Gasteiger charge is 2.11. The number of halogens is 2. The Morgan fingerprint density at radius 3 is 2.50 bits per heavy atom. The van der Waals surface area contributed by atoms with E-state index in [0.717, 1.165) is 22.3 Å². The Morgan fingerprint density at radius 1 is 1.17 bits per heavy atom. The van der Waals surface area contributed by atoms with Crippen LogP contribution in [0.2, 0.25) is 5.02 Å². The monoisotopic (exact) mass is 263 g/mol. The van der Waals surface area contributed by atoms with Crippen LogP contribution in [0.1, 0.15) is 16.7 Å². The molecule has 94 valence electrons. The van der Waals surface area contributed by atoms with Gasteiger partial charge in [0.1, 0.15) is 5.82 Å². The van der Waals surface area contributed by atoms with Crippen molar-refractivity contribution in [1.82, 2.24) is 0 Å². The maximum atomic E-state index is 14.1. The third-order valence-electron chi connectivity index (χ3n) is 2.99. The van der Waals surface area contributed by atoms with Crippen LogP contribution in [0.25, 0.3) is 11.1 Å². The first-order valence-electron chi connectivity index (χ1n) is 5.78. The maximum Gasteiger partial charge on any atom is 0.131 e. The summed E-state index contributed by atoms with van der Waals surface area (Å²) in [5.74, 6) is -0.210. The SMILES string of the molecule is Cc1cc(C)c(-c2ccc(Cl)c(CN)c2)c(F)c1. The first-order valence-corrected chi connectivity index (χ1v) is 6.16. The first-order chi connectivity index (χ1) is 8.52. The fourth-order valence-corrected chi connectivity index (χ4v) is 2.36. The molecule has 18 heavy (non-hydrogen) atoms. The molecule has 0 atom stereocenters. The minimum Gasteiger partial charge on any atom is -0.326 e. The Bertz CT molecular complexity index is 570. The predicted octanol–water partition coefficient (Wildman–Crippen LogP) is 4.22. The largest absolute Gasteiger partial charge is 0.326 e. The van der Waals surface area contributed by atoms with Crippen molar-refractivity contribution in [1.29, 1.82) is 0 Å². The lowest BCUT2D eigenvalue weighted by molar-refractivity contribution is 0.629. The zero-order valence-electron chi connectivity index (χ0n) is 10.4. The number of rotatable bonds is 2. The van der Waals surface area contributed by atoms with Crippen molar-refractivity contribution in [2.45, 2.75) is 20.4 Å². The van der Waals surface area contributed by atoms with Gasteiger partial charge < -0.3 is 5.73 Å². The molecule has 0 bridgehead atoms. The summed E-state index contributed by atoms with van der Waals surface area (Å²) in [5, 5.41) is 0.617. The molecule has 0 saturated heterocycles. The van der Waals surface area contributed by atoms with Crippen LogP contribution >= 0.6 is 11.6 Å². The molecule has 2 N–H and O–H groups in total. The van der Waals surface area contributed by atoms with Crippen LogP contribution in [0.4, 0.5) is 4.39 Å². The molecule has 0 aliphatic heterocycles. The molecule has 2 aromatic carbocycles. The zero-order chi connectivity index (χ0) is 13.3. The van der Waals surface area contributed by atoms with E-state index in [-0.39, 0.29) is 5.82 Å². The van der Waals surface area contributed by atoms with E-state index < -0.39 is 0 Å². The summed E-state index contributed by atoms with van der Waals surface area (Å²) in [5.41, 5.74) is 9.71. The van der Waals surface area contributed by atoms with E-state index in [1.54, 1.807) is 12.1 Å². The van der Waals surface area contributed by atoms with Gasteiger partial charge in [-0.05, 0) is 54.3 Å². The molecule has 2 rings (SSSR count). The topological polar surface area (TPSA) is 26.0 Å². The summed E-state index contributed by atoms with van der Waals surface area (Å²) in [6.07, 6.45) is 0. The van der Waals surface area contributed by atoms with Crippen LogP contribution in [0.5, 0.6) is 0 Å². The second-order valence-corrected chi connectivity index (χ2v) is 4.86. The van der Waals surface area contributed by atoms with E-state index in [1.165, 1.54) is 0 Å². The number of aryl methyl sites for hydroxylation is 2. The summed E-state index contributed by atoms with van der Waals surface area (Å²) >= 11 is 6.01. The molecule has 3 heteroatoms. The van der Waals surface area contributed by atoms with Gasteiger partial charge in [-0.3, -0.25) is 0 Å². The Labute approximate surface area is 111 Å². The quantitative estimate of drug-likeness (QED) is 0.862. The molecule has 2 aromatic rings. The summed E-state index contributed by atoms with van der Waals surface area (Å²) in [4.78, 5) is 0. The van der Waals surface area contributed by atoms with Crippen LogP contribution in [-0.4, -0.2) is 0 Å². The van der Waals surface area contributed by atoms with Crippen LogP contribution in [-0.2, 0) is 6.54 Å². The highest BCUT2D eigenvalue weighted by Crippen LogP contribution is 2.30. The third-order valence-corrected chi connectivity index (χ3v) is 3.35.